The van der Waals surface area contributed by atoms with Gasteiger partial charge in [-0.2, -0.15) is 4.31 Å². The number of aliphatic hydroxyl groups excluding tert-OH is 1. The third-order valence-electron chi connectivity index (χ3n) is 3.05. The number of rotatable bonds is 3. The lowest BCUT2D eigenvalue weighted by atomic mass is 10.2. The minimum atomic E-state index is -4.24. The van der Waals surface area contributed by atoms with E-state index in [1.165, 1.54) is 12.1 Å². The summed E-state index contributed by atoms with van der Waals surface area (Å²) < 4.78 is 26.4. The topological polar surface area (TPSA) is 94.9 Å². The van der Waals surface area contributed by atoms with Crippen molar-refractivity contribution in [2.45, 2.75) is 23.5 Å². The van der Waals surface area contributed by atoms with Crippen molar-refractivity contribution in [1.29, 1.82) is 0 Å². The molecule has 0 amide bonds. The van der Waals surface area contributed by atoms with Crippen LogP contribution >= 0.6 is 39.1 Å². The molecule has 1 fully saturated rings. The fourth-order valence-electron chi connectivity index (χ4n) is 2.17. The van der Waals surface area contributed by atoms with Crippen molar-refractivity contribution in [1.82, 2.24) is 4.31 Å². The molecular weight excluding hydrogens is 409 g/mol. The highest BCUT2D eigenvalue weighted by molar-refractivity contribution is 9.10. The number of carboxylic acids is 1. The first-order valence-corrected chi connectivity index (χ1v) is 8.70. The number of aliphatic hydroxyl groups is 1. The monoisotopic (exact) mass is 417 g/mol. The lowest BCUT2D eigenvalue weighted by Gasteiger charge is -2.22. The van der Waals surface area contributed by atoms with E-state index in [-0.39, 0.29) is 27.9 Å². The average molecular weight is 419 g/mol. The SMILES string of the molecule is O=C(O)[C@@H]1C[C@H](O)CN1S(=O)(=O)c1c(Cl)cc(Br)cc1Cl. The van der Waals surface area contributed by atoms with Gasteiger partial charge in [-0.3, -0.25) is 4.79 Å². The molecule has 1 saturated heterocycles. The number of nitrogens with zero attached hydrogens (tertiary/aromatic N) is 1. The van der Waals surface area contributed by atoms with E-state index in [0.717, 1.165) is 0 Å². The van der Waals surface area contributed by atoms with Gasteiger partial charge in [-0.1, -0.05) is 39.1 Å². The molecule has 2 N–H and O–H groups in total. The summed E-state index contributed by atoms with van der Waals surface area (Å²) in [6.07, 6.45) is -1.23. The van der Waals surface area contributed by atoms with Gasteiger partial charge in [0.15, 0.2) is 0 Å². The van der Waals surface area contributed by atoms with Gasteiger partial charge < -0.3 is 10.2 Å². The molecule has 2 atom stereocenters. The van der Waals surface area contributed by atoms with Crippen molar-refractivity contribution in [2.24, 2.45) is 0 Å². The maximum absolute atomic E-state index is 12.6. The number of carboxylic acid groups (broad SMARTS) is 1. The van der Waals surface area contributed by atoms with Crippen LogP contribution in [-0.4, -0.2) is 47.6 Å². The van der Waals surface area contributed by atoms with Gasteiger partial charge in [0.05, 0.1) is 16.1 Å². The third-order valence-corrected chi connectivity index (χ3v) is 6.30. The molecule has 116 valence electrons. The normalized spacial score (nSPS) is 23.4. The zero-order valence-corrected chi connectivity index (χ0v) is 14.2. The first-order chi connectivity index (χ1) is 9.64. The van der Waals surface area contributed by atoms with E-state index in [1.54, 1.807) is 0 Å². The Bertz CT molecular complexity index is 673. The quantitative estimate of drug-likeness (QED) is 0.782. The minimum Gasteiger partial charge on any atom is -0.480 e. The van der Waals surface area contributed by atoms with Gasteiger partial charge in [0.2, 0.25) is 10.0 Å². The summed E-state index contributed by atoms with van der Waals surface area (Å²) in [5.74, 6) is -1.33. The van der Waals surface area contributed by atoms with Crippen molar-refractivity contribution in [3.8, 4) is 0 Å². The molecule has 0 saturated carbocycles. The largest absolute Gasteiger partial charge is 0.480 e. The highest BCUT2D eigenvalue weighted by Crippen LogP contribution is 2.37. The van der Waals surface area contributed by atoms with Crippen LogP contribution in [0, 0.1) is 0 Å². The van der Waals surface area contributed by atoms with Crippen LogP contribution in [0.25, 0.3) is 0 Å². The molecule has 6 nitrogen and oxygen atoms in total. The first kappa shape index (κ1) is 17.0. The van der Waals surface area contributed by atoms with Crippen LogP contribution in [0.4, 0.5) is 0 Å². The molecule has 1 aromatic carbocycles. The van der Waals surface area contributed by atoms with Crippen molar-refractivity contribution in [2.75, 3.05) is 6.54 Å². The number of hydrogen-bond donors (Lipinski definition) is 2. The molecule has 0 aromatic heterocycles. The molecule has 10 heteroatoms. The van der Waals surface area contributed by atoms with Crippen molar-refractivity contribution in [3.63, 3.8) is 0 Å². The van der Waals surface area contributed by atoms with Gasteiger partial charge in [-0.05, 0) is 12.1 Å². The predicted octanol–water partition coefficient (Wildman–Crippen LogP) is 1.96. The number of benzene rings is 1. The Morgan fingerprint density at radius 1 is 1.33 bits per heavy atom. The van der Waals surface area contributed by atoms with Gasteiger partial charge in [-0.15, -0.1) is 0 Å². The molecule has 21 heavy (non-hydrogen) atoms. The smallest absolute Gasteiger partial charge is 0.322 e. The van der Waals surface area contributed by atoms with Crippen LogP contribution in [-0.2, 0) is 14.8 Å². The van der Waals surface area contributed by atoms with Crippen molar-refractivity contribution < 1.29 is 23.4 Å². The Hall–Kier alpha value is -0.380. The second-order valence-corrected chi connectivity index (χ2v) is 8.07. The van der Waals surface area contributed by atoms with Crippen LogP contribution in [0.2, 0.25) is 10.0 Å². The van der Waals surface area contributed by atoms with Gasteiger partial charge >= 0.3 is 5.97 Å². The zero-order chi connectivity index (χ0) is 15.9. The van der Waals surface area contributed by atoms with E-state index < -0.39 is 28.1 Å². The maximum atomic E-state index is 12.6. The van der Waals surface area contributed by atoms with E-state index in [4.69, 9.17) is 28.3 Å². The van der Waals surface area contributed by atoms with Crippen LogP contribution in [0.3, 0.4) is 0 Å². The minimum absolute atomic E-state index is 0.125. The Kier molecular flexibility index (Phi) is 4.87. The molecule has 0 aliphatic carbocycles. The highest BCUT2D eigenvalue weighted by Gasteiger charge is 2.44. The molecule has 0 spiro atoms. The van der Waals surface area contributed by atoms with E-state index in [0.29, 0.717) is 8.78 Å². The van der Waals surface area contributed by atoms with Gasteiger partial charge in [0.25, 0.3) is 0 Å². The summed E-state index contributed by atoms with van der Waals surface area (Å²) in [5, 5.41) is 18.4. The zero-order valence-electron chi connectivity index (χ0n) is 10.3. The Morgan fingerprint density at radius 2 is 1.86 bits per heavy atom. The van der Waals surface area contributed by atoms with E-state index >= 15 is 0 Å². The number of hydrogen-bond acceptors (Lipinski definition) is 4. The Labute approximate surface area is 139 Å². The number of carbonyl (C=O) groups is 1. The van der Waals surface area contributed by atoms with Crippen molar-refractivity contribution in [3.05, 3.63) is 26.7 Å². The summed E-state index contributed by atoms with van der Waals surface area (Å²) in [7, 11) is -4.24. The number of aliphatic carboxylic acids is 1. The Balaban J connectivity index is 2.55. The fourth-order valence-corrected chi connectivity index (χ4v) is 5.69. The molecule has 1 aromatic rings. The van der Waals surface area contributed by atoms with E-state index in [1.807, 2.05) is 0 Å². The fraction of sp³-hybridized carbons (Fsp3) is 0.364. The van der Waals surface area contributed by atoms with Gasteiger partial charge in [-0.25, -0.2) is 8.42 Å². The Morgan fingerprint density at radius 3 is 2.33 bits per heavy atom. The van der Waals surface area contributed by atoms with Crippen LogP contribution in [0.5, 0.6) is 0 Å². The number of halogens is 3. The van der Waals surface area contributed by atoms with E-state index in [9.17, 15) is 18.3 Å². The van der Waals surface area contributed by atoms with E-state index in [2.05, 4.69) is 15.9 Å². The summed E-state index contributed by atoms with van der Waals surface area (Å²) in [6, 6.07) is 1.35. The van der Waals surface area contributed by atoms with Gasteiger partial charge in [0, 0.05) is 17.4 Å². The molecule has 0 radical (unpaired) electrons. The summed E-state index contributed by atoms with van der Waals surface area (Å²) in [5.41, 5.74) is 0. The summed E-state index contributed by atoms with van der Waals surface area (Å²) >= 11 is 15.0. The lowest BCUT2D eigenvalue weighted by Crippen LogP contribution is -2.40. The summed E-state index contributed by atoms with van der Waals surface area (Å²) in [6.45, 7) is -0.317. The molecule has 1 aliphatic heterocycles. The predicted molar refractivity (Wildman–Crippen MR) is 80.1 cm³/mol. The lowest BCUT2D eigenvalue weighted by molar-refractivity contribution is -0.140. The number of β-amino-alcohol motifs (C(OH)–C–C–N with tert-alkyl or cyclic N) is 1. The average Bonchev–Trinajstić information content (AvgIpc) is 2.70. The highest BCUT2D eigenvalue weighted by atomic mass is 79.9. The standard InChI is InChI=1S/C11H10BrCl2NO5S/c12-5-1-7(13)10(8(14)2-5)21(19,20)15-4-6(16)3-9(15)11(17)18/h1-2,6,9,16H,3-4H2,(H,17,18)/t6-,9-/m0/s1. The van der Waals surface area contributed by atoms with Crippen molar-refractivity contribution >= 4 is 55.1 Å². The summed E-state index contributed by atoms with van der Waals surface area (Å²) in [4.78, 5) is 10.8. The number of sulfonamides is 1. The molecule has 0 unspecified atom stereocenters. The van der Waals surface area contributed by atoms with Crippen LogP contribution < -0.4 is 0 Å². The molecule has 0 bridgehead atoms. The second-order valence-electron chi connectivity index (χ2n) is 4.52. The van der Waals surface area contributed by atoms with Crippen LogP contribution in [0.1, 0.15) is 6.42 Å². The first-order valence-electron chi connectivity index (χ1n) is 5.72. The van der Waals surface area contributed by atoms with Crippen LogP contribution in [0.15, 0.2) is 21.5 Å². The third kappa shape index (κ3) is 3.20. The maximum Gasteiger partial charge on any atom is 0.322 e. The van der Waals surface area contributed by atoms with Gasteiger partial charge in [0.1, 0.15) is 10.9 Å². The second kappa shape index (κ2) is 6.02. The molecule has 2 rings (SSSR count). The molecule has 1 heterocycles. The molecular formula is C11H10BrCl2NO5S. The molecule has 1 aliphatic rings.